The summed E-state index contributed by atoms with van der Waals surface area (Å²) in [5, 5.41) is 14.4. The van der Waals surface area contributed by atoms with Crippen LogP contribution in [0.15, 0.2) is 54.6 Å². The van der Waals surface area contributed by atoms with Gasteiger partial charge in [0.15, 0.2) is 0 Å². The molecule has 3 N–H and O–H groups in total. The predicted molar refractivity (Wildman–Crippen MR) is 107 cm³/mol. The lowest BCUT2D eigenvalue weighted by Crippen LogP contribution is -2.44. The first-order valence-corrected chi connectivity index (χ1v) is 9.85. The summed E-state index contributed by atoms with van der Waals surface area (Å²) >= 11 is 1.59. The highest BCUT2D eigenvalue weighted by molar-refractivity contribution is 7.98. The van der Waals surface area contributed by atoms with E-state index >= 15 is 0 Å². The number of anilines is 1. The fraction of sp³-hybridized carbons (Fsp3) is 0.250. The number of carboxylic acid groups (broad SMARTS) is 1. The number of hydrogen-bond acceptors (Lipinski definition) is 4. The lowest BCUT2D eigenvalue weighted by atomic mass is 10.1. The van der Waals surface area contributed by atoms with Crippen molar-refractivity contribution in [2.45, 2.75) is 18.9 Å². The van der Waals surface area contributed by atoms with Crippen molar-refractivity contribution in [1.29, 1.82) is 0 Å². The molecule has 2 aromatic rings. The molecule has 1 unspecified atom stereocenters. The molecule has 2 amide bonds. The van der Waals surface area contributed by atoms with Crippen LogP contribution in [-0.4, -0.2) is 40.9 Å². The van der Waals surface area contributed by atoms with E-state index in [4.69, 9.17) is 5.11 Å². The summed E-state index contributed by atoms with van der Waals surface area (Å²) in [6.07, 6.45) is 2.30. The number of amides is 2. The molecule has 0 fully saturated rings. The lowest BCUT2D eigenvalue weighted by Gasteiger charge is -2.18. The Morgan fingerprint density at radius 1 is 1.07 bits per heavy atom. The van der Waals surface area contributed by atoms with Gasteiger partial charge in [-0.15, -0.1) is 0 Å². The predicted octanol–water partition coefficient (Wildman–Crippen LogP) is 2.80. The maximum absolute atomic E-state index is 12.7. The first-order chi connectivity index (χ1) is 13.0. The van der Waals surface area contributed by atoms with Crippen LogP contribution in [0.25, 0.3) is 0 Å². The Balaban J connectivity index is 2.08. The molecule has 0 radical (unpaired) electrons. The minimum atomic E-state index is -0.938. The van der Waals surface area contributed by atoms with E-state index in [0.717, 1.165) is 0 Å². The molecule has 0 aliphatic carbocycles. The smallest absolute Gasteiger partial charge is 0.307 e. The van der Waals surface area contributed by atoms with E-state index in [0.29, 0.717) is 29.0 Å². The third-order valence-corrected chi connectivity index (χ3v) is 4.46. The van der Waals surface area contributed by atoms with Gasteiger partial charge in [0.1, 0.15) is 6.04 Å². The fourth-order valence-electron chi connectivity index (χ4n) is 2.50. The zero-order valence-electron chi connectivity index (χ0n) is 15.0. The molecular formula is C20H22N2O4S. The van der Waals surface area contributed by atoms with Gasteiger partial charge in [-0.2, -0.15) is 11.8 Å². The molecule has 6 nitrogen and oxygen atoms in total. The van der Waals surface area contributed by atoms with Crippen molar-refractivity contribution in [3.05, 3.63) is 65.7 Å². The Morgan fingerprint density at radius 2 is 1.81 bits per heavy atom. The van der Waals surface area contributed by atoms with Crippen LogP contribution < -0.4 is 10.6 Å². The fourth-order valence-corrected chi connectivity index (χ4v) is 2.97. The minimum Gasteiger partial charge on any atom is -0.481 e. The molecule has 0 bridgehead atoms. The number of rotatable bonds is 9. The zero-order chi connectivity index (χ0) is 19.6. The van der Waals surface area contributed by atoms with Gasteiger partial charge in [-0.3, -0.25) is 14.4 Å². The topological polar surface area (TPSA) is 95.5 Å². The maximum Gasteiger partial charge on any atom is 0.307 e. The van der Waals surface area contributed by atoms with E-state index in [1.165, 1.54) is 0 Å². The lowest BCUT2D eigenvalue weighted by molar-refractivity contribution is -0.136. The van der Waals surface area contributed by atoms with Crippen LogP contribution >= 0.6 is 11.8 Å². The van der Waals surface area contributed by atoms with Gasteiger partial charge >= 0.3 is 5.97 Å². The Bertz CT molecular complexity index is 796. The van der Waals surface area contributed by atoms with Gasteiger partial charge in [-0.1, -0.05) is 30.3 Å². The average Bonchev–Trinajstić information content (AvgIpc) is 2.65. The van der Waals surface area contributed by atoms with Gasteiger partial charge < -0.3 is 15.7 Å². The number of thioether (sulfide) groups is 1. The molecule has 142 valence electrons. The molecule has 0 spiro atoms. The van der Waals surface area contributed by atoms with Crippen LogP contribution in [0, 0.1) is 0 Å². The summed E-state index contributed by atoms with van der Waals surface area (Å²) in [6.45, 7) is 0. The molecule has 0 heterocycles. The Hall–Kier alpha value is -2.80. The number of nitrogens with one attached hydrogen (secondary N) is 2. The van der Waals surface area contributed by atoms with Crippen molar-refractivity contribution in [2.24, 2.45) is 0 Å². The molecular weight excluding hydrogens is 364 g/mol. The Morgan fingerprint density at radius 3 is 2.48 bits per heavy atom. The summed E-state index contributed by atoms with van der Waals surface area (Å²) in [7, 11) is 0. The Labute approximate surface area is 162 Å². The van der Waals surface area contributed by atoms with E-state index in [1.54, 1.807) is 60.3 Å². The molecule has 2 aromatic carbocycles. The highest BCUT2D eigenvalue weighted by atomic mass is 32.2. The van der Waals surface area contributed by atoms with Crippen molar-refractivity contribution >= 4 is 35.2 Å². The highest BCUT2D eigenvalue weighted by Crippen LogP contribution is 2.13. The summed E-state index contributed by atoms with van der Waals surface area (Å²) in [6, 6.07) is 14.7. The van der Waals surface area contributed by atoms with Gasteiger partial charge in [-0.25, -0.2) is 0 Å². The monoisotopic (exact) mass is 386 g/mol. The van der Waals surface area contributed by atoms with Crippen molar-refractivity contribution in [3.8, 4) is 0 Å². The van der Waals surface area contributed by atoms with E-state index in [-0.39, 0.29) is 18.2 Å². The van der Waals surface area contributed by atoms with Crippen LogP contribution in [0.3, 0.4) is 0 Å². The van der Waals surface area contributed by atoms with Gasteiger partial charge in [-0.05, 0) is 48.3 Å². The van der Waals surface area contributed by atoms with Gasteiger partial charge in [0.25, 0.3) is 5.91 Å². The molecule has 7 heteroatoms. The third-order valence-electron chi connectivity index (χ3n) is 3.82. The zero-order valence-corrected chi connectivity index (χ0v) is 15.8. The largest absolute Gasteiger partial charge is 0.481 e. The summed E-state index contributed by atoms with van der Waals surface area (Å²) in [4.78, 5) is 35.9. The molecule has 0 aliphatic rings. The summed E-state index contributed by atoms with van der Waals surface area (Å²) in [5.74, 6) is -0.865. The number of benzene rings is 2. The number of aliphatic carboxylic acids is 1. The first kappa shape index (κ1) is 20.5. The normalized spacial score (nSPS) is 11.4. The number of carboxylic acids is 1. The maximum atomic E-state index is 12.7. The standard InChI is InChI=1S/C20H22N2O4S/c1-27-11-10-17(22-19(25)15-7-3-2-4-8-15)20(26)21-16-9-5-6-14(12-16)13-18(23)24/h2-9,12,17H,10-11,13H2,1H3,(H,21,26)(H,22,25)(H,23,24). The van der Waals surface area contributed by atoms with E-state index < -0.39 is 12.0 Å². The van der Waals surface area contributed by atoms with Crippen LogP contribution in [0.2, 0.25) is 0 Å². The van der Waals surface area contributed by atoms with E-state index in [1.807, 2.05) is 12.3 Å². The van der Waals surface area contributed by atoms with Crippen molar-refractivity contribution in [3.63, 3.8) is 0 Å². The van der Waals surface area contributed by atoms with Gasteiger partial charge in [0.05, 0.1) is 6.42 Å². The minimum absolute atomic E-state index is 0.121. The number of carbonyl (C=O) groups is 3. The molecule has 0 aromatic heterocycles. The van der Waals surface area contributed by atoms with Crippen molar-refractivity contribution in [2.75, 3.05) is 17.3 Å². The van der Waals surface area contributed by atoms with Crippen LogP contribution in [0.5, 0.6) is 0 Å². The van der Waals surface area contributed by atoms with Gasteiger partial charge in [0, 0.05) is 11.3 Å². The number of carbonyl (C=O) groups excluding carboxylic acids is 2. The van der Waals surface area contributed by atoms with Crippen LogP contribution in [0.1, 0.15) is 22.3 Å². The quantitative estimate of drug-likeness (QED) is 0.616. The highest BCUT2D eigenvalue weighted by Gasteiger charge is 2.21. The van der Waals surface area contributed by atoms with Crippen molar-refractivity contribution in [1.82, 2.24) is 5.32 Å². The second-order valence-corrected chi connectivity index (χ2v) is 6.92. The molecule has 0 saturated heterocycles. The van der Waals surface area contributed by atoms with E-state index in [2.05, 4.69) is 10.6 Å². The SMILES string of the molecule is CSCCC(NC(=O)c1ccccc1)C(=O)Nc1cccc(CC(=O)O)c1. The van der Waals surface area contributed by atoms with E-state index in [9.17, 15) is 14.4 Å². The molecule has 0 saturated carbocycles. The van der Waals surface area contributed by atoms with Gasteiger partial charge in [0.2, 0.25) is 5.91 Å². The third kappa shape index (κ3) is 6.79. The number of hydrogen-bond donors (Lipinski definition) is 3. The summed E-state index contributed by atoms with van der Waals surface area (Å²) < 4.78 is 0. The summed E-state index contributed by atoms with van der Waals surface area (Å²) in [5.41, 5.74) is 1.58. The average molecular weight is 386 g/mol. The second kappa shape index (κ2) is 10.4. The Kier molecular flexibility index (Phi) is 7.88. The van der Waals surface area contributed by atoms with Crippen LogP contribution in [-0.2, 0) is 16.0 Å². The van der Waals surface area contributed by atoms with Crippen LogP contribution in [0.4, 0.5) is 5.69 Å². The molecule has 0 aliphatic heterocycles. The second-order valence-electron chi connectivity index (χ2n) is 5.93. The molecule has 2 rings (SSSR count). The van der Waals surface area contributed by atoms with Crippen molar-refractivity contribution < 1.29 is 19.5 Å². The first-order valence-electron chi connectivity index (χ1n) is 8.46. The molecule has 1 atom stereocenters. The molecule has 27 heavy (non-hydrogen) atoms.